The summed E-state index contributed by atoms with van der Waals surface area (Å²) < 4.78 is 1.50. The fraction of sp³-hybridized carbons (Fsp3) is 0.214. The Morgan fingerprint density at radius 3 is 3.05 bits per heavy atom. The van der Waals surface area contributed by atoms with Gasteiger partial charge in [0.2, 0.25) is 0 Å². The number of hydrogen-bond donors (Lipinski definition) is 1. The molecule has 3 aromatic heterocycles. The van der Waals surface area contributed by atoms with Crippen molar-refractivity contribution in [3.63, 3.8) is 0 Å². The molecule has 0 aliphatic heterocycles. The van der Waals surface area contributed by atoms with E-state index < -0.39 is 0 Å². The van der Waals surface area contributed by atoms with Gasteiger partial charge >= 0.3 is 0 Å². The van der Waals surface area contributed by atoms with E-state index in [0.717, 1.165) is 11.3 Å². The van der Waals surface area contributed by atoms with Gasteiger partial charge < -0.3 is 5.32 Å². The molecule has 7 heteroatoms. The lowest BCUT2D eigenvalue weighted by molar-refractivity contribution is 0.0932. The lowest BCUT2D eigenvalue weighted by Gasteiger charge is -2.14. The van der Waals surface area contributed by atoms with E-state index >= 15 is 0 Å². The molecule has 0 bridgehead atoms. The van der Waals surface area contributed by atoms with Crippen LogP contribution in [0.15, 0.2) is 35.8 Å². The van der Waals surface area contributed by atoms with Crippen molar-refractivity contribution in [2.45, 2.75) is 19.4 Å². The largest absolute Gasteiger partial charge is 0.343 e. The second-order valence-electron chi connectivity index (χ2n) is 4.53. The summed E-state index contributed by atoms with van der Waals surface area (Å²) in [6.07, 6.45) is 2.40. The molecule has 0 aliphatic rings. The third-order valence-corrected chi connectivity index (χ3v) is 4.31. The van der Waals surface area contributed by atoms with E-state index in [9.17, 15) is 4.79 Å². The van der Waals surface area contributed by atoms with Crippen LogP contribution in [-0.2, 0) is 0 Å². The summed E-state index contributed by atoms with van der Waals surface area (Å²) in [7, 11) is 0. The first-order valence-electron chi connectivity index (χ1n) is 6.53. The molecule has 0 saturated carbocycles. The maximum Gasteiger partial charge on any atom is 0.272 e. The van der Waals surface area contributed by atoms with E-state index in [1.807, 2.05) is 24.4 Å². The van der Waals surface area contributed by atoms with Gasteiger partial charge in [0.25, 0.3) is 5.91 Å². The average molecular weight is 321 g/mol. The second kappa shape index (κ2) is 5.83. The summed E-state index contributed by atoms with van der Waals surface area (Å²) in [5, 5.41) is 9.42. The highest BCUT2D eigenvalue weighted by Crippen LogP contribution is 2.22. The minimum atomic E-state index is -0.211. The quantitative estimate of drug-likeness (QED) is 0.802. The van der Waals surface area contributed by atoms with Gasteiger partial charge in [-0.2, -0.15) is 5.10 Å². The smallest absolute Gasteiger partial charge is 0.272 e. The highest BCUT2D eigenvalue weighted by atomic mass is 35.5. The molecule has 21 heavy (non-hydrogen) atoms. The van der Waals surface area contributed by atoms with Crippen LogP contribution in [-0.4, -0.2) is 20.5 Å². The maximum atomic E-state index is 12.3. The highest BCUT2D eigenvalue weighted by Gasteiger charge is 2.17. The zero-order valence-corrected chi connectivity index (χ0v) is 12.9. The van der Waals surface area contributed by atoms with Gasteiger partial charge in [-0.25, -0.2) is 9.50 Å². The SMILES string of the molecule is CC[C@@H](NC(=O)c1cn2nc(Cl)ccc2n1)c1cccs1. The molecular formula is C14H13ClN4OS. The lowest BCUT2D eigenvalue weighted by Crippen LogP contribution is -2.27. The van der Waals surface area contributed by atoms with Crippen molar-refractivity contribution in [3.8, 4) is 0 Å². The molecule has 108 valence electrons. The summed E-state index contributed by atoms with van der Waals surface area (Å²) in [6, 6.07) is 7.36. The number of carbonyl (C=O) groups excluding carboxylic acids is 1. The number of hydrogen-bond acceptors (Lipinski definition) is 4. The fourth-order valence-corrected chi connectivity index (χ4v) is 3.07. The number of aromatic nitrogens is 3. The zero-order chi connectivity index (χ0) is 14.8. The molecule has 3 rings (SSSR count). The van der Waals surface area contributed by atoms with E-state index in [4.69, 9.17) is 11.6 Å². The Morgan fingerprint density at radius 1 is 1.48 bits per heavy atom. The topological polar surface area (TPSA) is 59.3 Å². The minimum absolute atomic E-state index is 0.00106. The van der Waals surface area contributed by atoms with Gasteiger partial charge in [-0.3, -0.25) is 4.79 Å². The predicted molar refractivity (Wildman–Crippen MR) is 82.8 cm³/mol. The van der Waals surface area contributed by atoms with Crippen LogP contribution in [0.1, 0.15) is 34.8 Å². The van der Waals surface area contributed by atoms with Gasteiger partial charge in [0.05, 0.1) is 12.2 Å². The highest BCUT2D eigenvalue weighted by molar-refractivity contribution is 7.10. The standard InChI is InChI=1S/C14H13ClN4OS/c1-2-9(11-4-3-7-21-11)17-14(20)10-8-19-13(16-10)6-5-12(15)18-19/h3-9H,2H2,1H3,(H,17,20)/t9-/m1/s1. The Labute approximate surface area is 130 Å². The lowest BCUT2D eigenvalue weighted by atomic mass is 10.2. The molecule has 1 amide bonds. The molecule has 0 radical (unpaired) electrons. The molecule has 0 saturated heterocycles. The van der Waals surface area contributed by atoms with Crippen molar-refractivity contribution in [3.05, 3.63) is 51.6 Å². The first kappa shape index (κ1) is 14.0. The van der Waals surface area contributed by atoms with E-state index in [1.165, 1.54) is 4.52 Å². The number of halogens is 1. The van der Waals surface area contributed by atoms with Gasteiger partial charge in [0, 0.05) is 4.88 Å². The summed E-state index contributed by atoms with van der Waals surface area (Å²) in [4.78, 5) is 17.7. The molecule has 0 spiro atoms. The number of thiophene rings is 1. The Kier molecular flexibility index (Phi) is 3.90. The third kappa shape index (κ3) is 2.91. The van der Waals surface area contributed by atoms with Crippen LogP contribution < -0.4 is 5.32 Å². The number of imidazole rings is 1. The Bertz CT molecular complexity index is 768. The molecule has 3 aromatic rings. The average Bonchev–Trinajstić information content (AvgIpc) is 3.12. The number of nitrogens with one attached hydrogen (secondary N) is 1. The van der Waals surface area contributed by atoms with Crippen molar-refractivity contribution >= 4 is 34.5 Å². The third-order valence-electron chi connectivity index (χ3n) is 3.12. The summed E-state index contributed by atoms with van der Waals surface area (Å²) in [5.41, 5.74) is 0.925. The normalized spacial score (nSPS) is 12.5. The molecule has 5 nitrogen and oxygen atoms in total. The monoisotopic (exact) mass is 320 g/mol. The van der Waals surface area contributed by atoms with E-state index in [2.05, 4.69) is 15.4 Å². The van der Waals surface area contributed by atoms with Crippen LogP contribution in [0.3, 0.4) is 0 Å². The van der Waals surface area contributed by atoms with Crippen molar-refractivity contribution in [1.82, 2.24) is 19.9 Å². The van der Waals surface area contributed by atoms with E-state index in [-0.39, 0.29) is 11.9 Å². The Hall–Kier alpha value is -1.92. The van der Waals surface area contributed by atoms with Gasteiger partial charge in [-0.05, 0) is 30.0 Å². The predicted octanol–water partition coefficient (Wildman–Crippen LogP) is 3.33. The first-order valence-corrected chi connectivity index (χ1v) is 7.79. The zero-order valence-electron chi connectivity index (χ0n) is 11.3. The first-order chi connectivity index (χ1) is 10.2. The molecule has 3 heterocycles. The van der Waals surface area contributed by atoms with Crippen LogP contribution in [0.2, 0.25) is 5.15 Å². The second-order valence-corrected chi connectivity index (χ2v) is 5.90. The van der Waals surface area contributed by atoms with Gasteiger partial charge in [0.15, 0.2) is 5.65 Å². The van der Waals surface area contributed by atoms with Gasteiger partial charge in [-0.1, -0.05) is 24.6 Å². The molecule has 1 atom stereocenters. The van der Waals surface area contributed by atoms with Gasteiger partial charge in [0.1, 0.15) is 10.8 Å². The van der Waals surface area contributed by atoms with Crippen molar-refractivity contribution in [1.29, 1.82) is 0 Å². The molecule has 0 aromatic carbocycles. The van der Waals surface area contributed by atoms with Crippen LogP contribution >= 0.6 is 22.9 Å². The van der Waals surface area contributed by atoms with Crippen molar-refractivity contribution in [2.24, 2.45) is 0 Å². The Balaban J connectivity index is 1.83. The van der Waals surface area contributed by atoms with Crippen LogP contribution in [0.25, 0.3) is 5.65 Å². The van der Waals surface area contributed by atoms with Crippen molar-refractivity contribution in [2.75, 3.05) is 0 Å². The molecule has 0 fully saturated rings. The molecule has 1 N–H and O–H groups in total. The van der Waals surface area contributed by atoms with E-state index in [1.54, 1.807) is 29.7 Å². The van der Waals surface area contributed by atoms with Crippen molar-refractivity contribution < 1.29 is 4.79 Å². The molecule has 0 unspecified atom stereocenters. The van der Waals surface area contributed by atoms with Crippen LogP contribution in [0.5, 0.6) is 0 Å². The number of nitrogens with zero attached hydrogens (tertiary/aromatic N) is 3. The Morgan fingerprint density at radius 2 is 2.33 bits per heavy atom. The molecule has 0 aliphatic carbocycles. The summed E-state index contributed by atoms with van der Waals surface area (Å²) >= 11 is 7.45. The van der Waals surface area contributed by atoms with E-state index in [0.29, 0.717) is 16.5 Å². The molecular weight excluding hydrogens is 308 g/mol. The maximum absolute atomic E-state index is 12.3. The minimum Gasteiger partial charge on any atom is -0.343 e. The number of rotatable bonds is 4. The number of carbonyl (C=O) groups is 1. The van der Waals surface area contributed by atoms with Crippen LogP contribution in [0, 0.1) is 0 Å². The fourth-order valence-electron chi connectivity index (χ4n) is 2.06. The van der Waals surface area contributed by atoms with Crippen LogP contribution in [0.4, 0.5) is 0 Å². The number of amides is 1. The number of fused-ring (bicyclic) bond motifs is 1. The summed E-state index contributed by atoms with van der Waals surface area (Å²) in [5.74, 6) is -0.211. The summed E-state index contributed by atoms with van der Waals surface area (Å²) in [6.45, 7) is 2.04. The van der Waals surface area contributed by atoms with Gasteiger partial charge in [-0.15, -0.1) is 11.3 Å².